The molecule has 0 unspecified atom stereocenters. The number of nitrogens with zero attached hydrogens (tertiary/aromatic N) is 2. The summed E-state index contributed by atoms with van der Waals surface area (Å²) in [5, 5.41) is 7.69. The molecule has 132 valence electrons. The van der Waals surface area contributed by atoms with Gasteiger partial charge in [0, 0.05) is 0 Å². The third-order valence-corrected chi connectivity index (χ3v) is 3.55. The van der Waals surface area contributed by atoms with Crippen LogP contribution < -0.4 is 29.8 Å². The second kappa shape index (κ2) is 7.01. The summed E-state index contributed by atoms with van der Waals surface area (Å²) in [6, 6.07) is 10.1. The van der Waals surface area contributed by atoms with E-state index in [0.717, 1.165) is 11.1 Å². The Hall–Kier alpha value is -3.75. The Morgan fingerprint density at radius 3 is 1.73 bits per heavy atom. The van der Waals surface area contributed by atoms with Gasteiger partial charge in [0.15, 0.2) is 23.0 Å². The molecule has 2 N–H and O–H groups in total. The van der Waals surface area contributed by atoms with Gasteiger partial charge in [0.05, 0.1) is 12.4 Å². The molecule has 0 aliphatic carbocycles. The predicted octanol–water partition coefficient (Wildman–Crippen LogP) is 1.81. The van der Waals surface area contributed by atoms with Crippen molar-refractivity contribution >= 4 is 18.5 Å². The lowest BCUT2D eigenvalue weighted by atomic mass is 10.2. The summed E-state index contributed by atoms with van der Waals surface area (Å²) in [5.41, 5.74) is 6.16. The molecule has 0 saturated heterocycles. The molecule has 0 saturated carbocycles. The van der Waals surface area contributed by atoms with E-state index in [4.69, 9.17) is 18.9 Å². The summed E-state index contributed by atoms with van der Waals surface area (Å²) in [7, 11) is 0. The average molecular weight is 354 g/mol. The van der Waals surface area contributed by atoms with Crippen LogP contribution >= 0.6 is 0 Å². The highest BCUT2D eigenvalue weighted by atomic mass is 16.7. The number of ether oxygens (including phenoxy) is 4. The minimum absolute atomic E-state index is 0.206. The second-order valence-electron chi connectivity index (χ2n) is 5.29. The summed E-state index contributed by atoms with van der Waals surface area (Å²) >= 11 is 0. The van der Waals surface area contributed by atoms with E-state index in [1.54, 1.807) is 36.4 Å². The van der Waals surface area contributed by atoms with Gasteiger partial charge in [-0.25, -0.2) is 15.6 Å². The molecule has 0 bridgehead atoms. The maximum Gasteiger partial charge on any atom is 0.355 e. The number of hydrogen-bond donors (Lipinski definition) is 2. The van der Waals surface area contributed by atoms with Crippen molar-refractivity contribution in [3.63, 3.8) is 0 Å². The van der Waals surface area contributed by atoms with Crippen LogP contribution in [-0.4, -0.2) is 32.0 Å². The summed E-state index contributed by atoms with van der Waals surface area (Å²) < 4.78 is 21.0. The summed E-state index contributed by atoms with van der Waals surface area (Å²) in [6.45, 7) is 0.413. The van der Waals surface area contributed by atoms with Crippen molar-refractivity contribution in [1.29, 1.82) is 0 Å². The monoisotopic (exact) mass is 354 g/mol. The fraction of sp³-hybridized carbons (Fsp3) is 0.118. The molecule has 0 radical (unpaired) electrons. The number of hydrazone groups is 2. The second-order valence-corrected chi connectivity index (χ2v) is 5.29. The van der Waals surface area contributed by atoms with Crippen LogP contribution in [0.15, 0.2) is 46.6 Å². The number of carbonyl (C=O) groups is 1. The molecule has 2 aromatic carbocycles. The number of fused-ring (bicyclic) bond motifs is 2. The molecule has 2 aliphatic heterocycles. The Morgan fingerprint density at radius 2 is 1.23 bits per heavy atom. The highest BCUT2D eigenvalue weighted by Gasteiger charge is 2.13. The molecule has 9 heteroatoms. The fourth-order valence-corrected chi connectivity index (χ4v) is 2.34. The molecular formula is C17H14N4O5. The van der Waals surface area contributed by atoms with Crippen molar-refractivity contribution in [2.75, 3.05) is 13.6 Å². The number of carbonyl (C=O) groups excluding carboxylic acids is 1. The molecule has 2 aromatic rings. The van der Waals surface area contributed by atoms with Gasteiger partial charge in [-0.15, -0.1) is 0 Å². The highest BCUT2D eigenvalue weighted by Crippen LogP contribution is 2.32. The molecule has 2 amide bonds. The molecular weight excluding hydrogens is 340 g/mol. The average Bonchev–Trinajstić information content (AvgIpc) is 3.29. The Bertz CT molecular complexity index is 825. The van der Waals surface area contributed by atoms with Crippen molar-refractivity contribution < 1.29 is 23.7 Å². The van der Waals surface area contributed by atoms with Crippen LogP contribution in [0.25, 0.3) is 0 Å². The van der Waals surface area contributed by atoms with E-state index >= 15 is 0 Å². The normalized spacial score (nSPS) is 14.2. The van der Waals surface area contributed by atoms with E-state index in [2.05, 4.69) is 21.1 Å². The quantitative estimate of drug-likeness (QED) is 0.644. The van der Waals surface area contributed by atoms with E-state index in [-0.39, 0.29) is 13.6 Å². The van der Waals surface area contributed by atoms with Gasteiger partial charge in [0.25, 0.3) is 0 Å². The molecule has 4 rings (SSSR count). The number of amides is 2. The van der Waals surface area contributed by atoms with Crippen LogP contribution in [0, 0.1) is 0 Å². The third-order valence-electron chi connectivity index (χ3n) is 3.55. The first-order chi connectivity index (χ1) is 12.8. The Kier molecular flexibility index (Phi) is 4.25. The van der Waals surface area contributed by atoms with Gasteiger partial charge in [-0.3, -0.25) is 0 Å². The molecule has 26 heavy (non-hydrogen) atoms. The van der Waals surface area contributed by atoms with Gasteiger partial charge >= 0.3 is 6.03 Å². The summed E-state index contributed by atoms with van der Waals surface area (Å²) in [5.74, 6) is 2.66. The van der Waals surface area contributed by atoms with Gasteiger partial charge in [-0.1, -0.05) is 0 Å². The molecule has 2 aliphatic rings. The minimum Gasteiger partial charge on any atom is -0.454 e. The van der Waals surface area contributed by atoms with E-state index in [0.29, 0.717) is 23.0 Å². The number of nitrogens with one attached hydrogen (secondary N) is 2. The SMILES string of the molecule is O=C(N/N=C/c1ccc2c(c1)OCO2)N/N=C/c1ccc2c(c1)OCO2. The molecule has 2 heterocycles. The van der Waals surface area contributed by atoms with E-state index < -0.39 is 6.03 Å². The summed E-state index contributed by atoms with van der Waals surface area (Å²) in [6.07, 6.45) is 2.98. The number of urea groups is 1. The summed E-state index contributed by atoms with van der Waals surface area (Å²) in [4.78, 5) is 11.7. The lowest BCUT2D eigenvalue weighted by molar-refractivity contribution is 0.173. The number of benzene rings is 2. The Morgan fingerprint density at radius 1 is 0.769 bits per heavy atom. The lowest BCUT2D eigenvalue weighted by Crippen LogP contribution is -2.28. The van der Waals surface area contributed by atoms with Crippen molar-refractivity contribution in [2.45, 2.75) is 0 Å². The van der Waals surface area contributed by atoms with Crippen LogP contribution in [0.5, 0.6) is 23.0 Å². The Labute approximate surface area is 148 Å². The topological polar surface area (TPSA) is 103 Å². The van der Waals surface area contributed by atoms with Gasteiger partial charge < -0.3 is 18.9 Å². The van der Waals surface area contributed by atoms with Gasteiger partial charge in [-0.2, -0.15) is 10.2 Å². The third kappa shape index (κ3) is 3.51. The van der Waals surface area contributed by atoms with Gasteiger partial charge in [0.2, 0.25) is 13.6 Å². The molecule has 0 atom stereocenters. The molecule has 0 fully saturated rings. The van der Waals surface area contributed by atoms with Crippen LogP contribution in [0.4, 0.5) is 4.79 Å². The standard InChI is InChI=1S/C17H14N4O5/c22-17(20-18-7-11-1-3-13-15(5-11)25-9-23-13)21-19-8-12-2-4-14-16(6-12)26-10-24-14/h1-8H,9-10H2,(H2,20,21,22)/b18-7+,19-8+. The first kappa shape index (κ1) is 15.8. The van der Waals surface area contributed by atoms with Crippen LogP contribution in [0.2, 0.25) is 0 Å². The van der Waals surface area contributed by atoms with Crippen LogP contribution in [-0.2, 0) is 0 Å². The smallest absolute Gasteiger partial charge is 0.355 e. The van der Waals surface area contributed by atoms with Crippen molar-refractivity contribution in [1.82, 2.24) is 10.9 Å². The molecule has 0 spiro atoms. The van der Waals surface area contributed by atoms with Crippen LogP contribution in [0.3, 0.4) is 0 Å². The lowest BCUT2D eigenvalue weighted by Gasteiger charge is -2.00. The van der Waals surface area contributed by atoms with E-state index in [1.165, 1.54) is 12.4 Å². The van der Waals surface area contributed by atoms with Gasteiger partial charge in [-0.05, 0) is 47.5 Å². The maximum atomic E-state index is 11.7. The zero-order chi connectivity index (χ0) is 17.8. The molecule has 9 nitrogen and oxygen atoms in total. The number of rotatable bonds is 4. The number of hydrogen-bond acceptors (Lipinski definition) is 7. The predicted molar refractivity (Wildman–Crippen MR) is 92.0 cm³/mol. The van der Waals surface area contributed by atoms with Crippen molar-refractivity contribution in [3.8, 4) is 23.0 Å². The van der Waals surface area contributed by atoms with Crippen molar-refractivity contribution in [2.24, 2.45) is 10.2 Å². The molecule has 0 aromatic heterocycles. The van der Waals surface area contributed by atoms with Gasteiger partial charge in [0.1, 0.15) is 0 Å². The van der Waals surface area contributed by atoms with Crippen molar-refractivity contribution in [3.05, 3.63) is 47.5 Å². The van der Waals surface area contributed by atoms with E-state index in [1.807, 2.05) is 0 Å². The minimum atomic E-state index is -0.570. The zero-order valence-electron chi connectivity index (χ0n) is 13.5. The zero-order valence-corrected chi connectivity index (χ0v) is 13.5. The highest BCUT2D eigenvalue weighted by molar-refractivity contribution is 5.84. The first-order valence-corrected chi connectivity index (χ1v) is 7.69. The fourth-order valence-electron chi connectivity index (χ4n) is 2.34. The van der Waals surface area contributed by atoms with E-state index in [9.17, 15) is 4.79 Å². The first-order valence-electron chi connectivity index (χ1n) is 7.69. The largest absolute Gasteiger partial charge is 0.454 e. The Balaban J connectivity index is 1.27. The van der Waals surface area contributed by atoms with Crippen LogP contribution in [0.1, 0.15) is 11.1 Å². The maximum absolute atomic E-state index is 11.7.